The van der Waals surface area contributed by atoms with Gasteiger partial charge >= 0.3 is 0 Å². The molecule has 1 saturated carbocycles. The number of nitrogens with one attached hydrogen (secondary N) is 1. The number of carbonyl (C=O) groups excluding carboxylic acids is 2. The molecule has 2 heterocycles. The molecule has 0 spiro atoms. The average molecular weight is 536 g/mol. The van der Waals surface area contributed by atoms with Crippen LogP contribution in [0.4, 0.5) is 0 Å². The summed E-state index contributed by atoms with van der Waals surface area (Å²) in [6.45, 7) is 0.580. The van der Waals surface area contributed by atoms with E-state index in [4.69, 9.17) is 4.74 Å². The van der Waals surface area contributed by atoms with Gasteiger partial charge in [-0.05, 0) is 36.6 Å². The predicted octanol–water partition coefficient (Wildman–Crippen LogP) is 6.43. The molecule has 3 aromatic carbocycles. The van der Waals surface area contributed by atoms with Crippen molar-refractivity contribution in [1.29, 1.82) is 0 Å². The largest absolute Gasteiger partial charge is 0.496 e. The number of para-hydroxylation sites is 2. The summed E-state index contributed by atoms with van der Waals surface area (Å²) < 4.78 is 7.72. The Morgan fingerprint density at radius 3 is 2.35 bits per heavy atom. The van der Waals surface area contributed by atoms with Gasteiger partial charge in [0.25, 0.3) is 11.8 Å². The summed E-state index contributed by atoms with van der Waals surface area (Å²) in [6, 6.07) is 27.6. The van der Waals surface area contributed by atoms with Gasteiger partial charge in [-0.2, -0.15) is 0 Å². The molecule has 1 fully saturated rings. The number of rotatable bonds is 6. The van der Waals surface area contributed by atoms with Crippen LogP contribution in [0.2, 0.25) is 0 Å². The van der Waals surface area contributed by atoms with Crippen molar-refractivity contribution >= 4 is 22.7 Å². The summed E-state index contributed by atoms with van der Waals surface area (Å²) in [4.78, 5) is 31.2. The van der Waals surface area contributed by atoms with Crippen molar-refractivity contribution in [3.05, 3.63) is 102 Å². The minimum absolute atomic E-state index is 0.0967. The molecule has 1 aromatic heterocycles. The van der Waals surface area contributed by atoms with Gasteiger partial charge in [0.05, 0.1) is 20.2 Å². The number of fused-ring (bicyclic) bond motifs is 3. The van der Waals surface area contributed by atoms with E-state index in [-0.39, 0.29) is 24.4 Å². The van der Waals surface area contributed by atoms with Crippen LogP contribution in [0.15, 0.2) is 84.9 Å². The van der Waals surface area contributed by atoms with Crippen LogP contribution >= 0.6 is 0 Å². The Labute approximate surface area is 235 Å². The summed E-state index contributed by atoms with van der Waals surface area (Å²) in [5.74, 6) is 0.421. The Kier molecular flexibility index (Phi) is 7.33. The zero-order valence-corrected chi connectivity index (χ0v) is 23.1. The highest BCUT2D eigenvalue weighted by Gasteiger charge is 2.53. The van der Waals surface area contributed by atoms with Crippen molar-refractivity contribution in [3.8, 4) is 5.75 Å². The normalized spacial score (nSPS) is 20.0. The smallest absolute Gasteiger partial charge is 0.272 e. The van der Waals surface area contributed by atoms with Crippen molar-refractivity contribution in [2.75, 3.05) is 7.11 Å². The Bertz CT molecular complexity index is 1500. The van der Waals surface area contributed by atoms with Gasteiger partial charge in [0.2, 0.25) is 0 Å². The van der Waals surface area contributed by atoms with Gasteiger partial charge in [0.15, 0.2) is 5.54 Å². The molecule has 0 saturated heterocycles. The number of methoxy groups -OCH3 is 1. The monoisotopic (exact) mass is 535 g/mol. The lowest BCUT2D eigenvalue weighted by molar-refractivity contribution is -0.136. The Hall–Kier alpha value is -4.06. The van der Waals surface area contributed by atoms with Crippen LogP contribution in [-0.2, 0) is 23.4 Å². The molecular weight excluding hydrogens is 498 g/mol. The first-order chi connectivity index (χ1) is 19.6. The zero-order valence-electron chi connectivity index (χ0n) is 23.1. The van der Waals surface area contributed by atoms with Crippen LogP contribution in [-0.4, -0.2) is 34.4 Å². The van der Waals surface area contributed by atoms with Crippen LogP contribution in [0, 0.1) is 0 Å². The first-order valence-corrected chi connectivity index (χ1v) is 14.5. The van der Waals surface area contributed by atoms with E-state index in [0.29, 0.717) is 18.0 Å². The van der Waals surface area contributed by atoms with E-state index in [1.807, 2.05) is 89.5 Å². The molecule has 6 nitrogen and oxygen atoms in total. The van der Waals surface area contributed by atoms with Crippen LogP contribution < -0.4 is 10.1 Å². The molecule has 4 aromatic rings. The molecule has 206 valence electrons. The van der Waals surface area contributed by atoms with E-state index in [0.717, 1.165) is 47.7 Å². The highest BCUT2D eigenvalue weighted by molar-refractivity contribution is 6.04. The number of benzene rings is 3. The number of hydrogen-bond acceptors (Lipinski definition) is 3. The van der Waals surface area contributed by atoms with Crippen molar-refractivity contribution in [3.63, 3.8) is 0 Å². The SMILES string of the molecule is COc1ccccc1CN1C(=O)c2cc3ccccc3n2CC1(C(=O)NC1CCCCCCC1)c1ccccc1. The maximum Gasteiger partial charge on any atom is 0.272 e. The lowest BCUT2D eigenvalue weighted by Gasteiger charge is -2.47. The van der Waals surface area contributed by atoms with Gasteiger partial charge in [0.1, 0.15) is 11.4 Å². The average Bonchev–Trinajstić information content (AvgIpc) is 3.35. The molecule has 1 unspecified atom stereocenters. The standard InChI is InChI=1S/C34H37N3O3/c1-40-31-21-13-11-15-26(31)23-37-32(38)30-22-25-14-10-12-20-29(25)36(30)24-34(37,27-16-6-5-7-17-27)33(39)35-28-18-8-3-2-4-9-19-28/h5-7,10-17,20-22,28H,2-4,8-9,18-19,23-24H2,1H3,(H,35,39). The van der Waals surface area contributed by atoms with Gasteiger partial charge in [-0.1, -0.05) is 98.8 Å². The Morgan fingerprint density at radius 2 is 1.57 bits per heavy atom. The number of amides is 2. The predicted molar refractivity (Wildman–Crippen MR) is 157 cm³/mol. The summed E-state index contributed by atoms with van der Waals surface area (Å²) in [6.07, 6.45) is 7.82. The summed E-state index contributed by atoms with van der Waals surface area (Å²) in [5.41, 5.74) is 1.99. The van der Waals surface area contributed by atoms with Crippen LogP contribution in [0.25, 0.3) is 10.9 Å². The first-order valence-electron chi connectivity index (χ1n) is 14.5. The fraction of sp³-hybridized carbons (Fsp3) is 0.353. The molecule has 40 heavy (non-hydrogen) atoms. The second-order valence-corrected chi connectivity index (χ2v) is 11.1. The Balaban J connectivity index is 1.52. The number of carbonyl (C=O) groups is 2. The number of ether oxygens (including phenoxy) is 1. The molecule has 6 rings (SSSR count). The zero-order chi connectivity index (χ0) is 27.5. The molecule has 1 N–H and O–H groups in total. The fourth-order valence-electron chi connectivity index (χ4n) is 6.59. The highest BCUT2D eigenvalue weighted by atomic mass is 16.5. The molecule has 0 bridgehead atoms. The van der Waals surface area contributed by atoms with Gasteiger partial charge in [-0.15, -0.1) is 0 Å². The van der Waals surface area contributed by atoms with Gasteiger partial charge in [-0.3, -0.25) is 9.59 Å². The summed E-state index contributed by atoms with van der Waals surface area (Å²) in [5, 5.41) is 4.45. The van der Waals surface area contributed by atoms with Crippen LogP contribution in [0.3, 0.4) is 0 Å². The van der Waals surface area contributed by atoms with Gasteiger partial charge < -0.3 is 19.5 Å². The lowest BCUT2D eigenvalue weighted by atomic mass is 9.83. The van der Waals surface area contributed by atoms with E-state index in [2.05, 4.69) is 5.32 Å². The lowest BCUT2D eigenvalue weighted by Crippen LogP contribution is -2.64. The van der Waals surface area contributed by atoms with Gasteiger partial charge in [0, 0.05) is 22.5 Å². The Morgan fingerprint density at radius 1 is 0.900 bits per heavy atom. The highest BCUT2D eigenvalue weighted by Crippen LogP contribution is 2.41. The van der Waals surface area contributed by atoms with E-state index in [1.165, 1.54) is 19.3 Å². The molecular formula is C34H37N3O3. The van der Waals surface area contributed by atoms with Crippen molar-refractivity contribution < 1.29 is 14.3 Å². The van der Waals surface area contributed by atoms with E-state index in [9.17, 15) is 9.59 Å². The maximum atomic E-state index is 14.8. The molecule has 6 heteroatoms. The third-order valence-electron chi connectivity index (χ3n) is 8.71. The first kappa shape index (κ1) is 26.2. The summed E-state index contributed by atoms with van der Waals surface area (Å²) >= 11 is 0. The second-order valence-electron chi connectivity index (χ2n) is 11.1. The molecule has 2 aliphatic rings. The fourth-order valence-corrected chi connectivity index (χ4v) is 6.59. The van der Waals surface area contributed by atoms with Crippen LogP contribution in [0.1, 0.15) is 66.6 Å². The molecule has 1 atom stereocenters. The van der Waals surface area contributed by atoms with E-state index >= 15 is 0 Å². The third-order valence-corrected chi connectivity index (χ3v) is 8.71. The molecule has 1 aliphatic heterocycles. The summed E-state index contributed by atoms with van der Waals surface area (Å²) in [7, 11) is 1.64. The van der Waals surface area contributed by atoms with Gasteiger partial charge in [-0.25, -0.2) is 0 Å². The minimum atomic E-state index is -1.24. The molecule has 2 amide bonds. The van der Waals surface area contributed by atoms with Crippen molar-refractivity contribution in [2.45, 2.75) is 69.6 Å². The van der Waals surface area contributed by atoms with Crippen LogP contribution in [0.5, 0.6) is 5.75 Å². The van der Waals surface area contributed by atoms with E-state index < -0.39 is 5.54 Å². The topological polar surface area (TPSA) is 63.6 Å². The van der Waals surface area contributed by atoms with E-state index in [1.54, 1.807) is 12.0 Å². The minimum Gasteiger partial charge on any atom is -0.496 e. The number of hydrogen-bond donors (Lipinski definition) is 1. The number of aromatic nitrogens is 1. The number of nitrogens with zero attached hydrogens (tertiary/aromatic N) is 2. The maximum absolute atomic E-state index is 14.8. The van der Waals surface area contributed by atoms with Crippen molar-refractivity contribution in [2.24, 2.45) is 0 Å². The second kappa shape index (κ2) is 11.2. The molecule has 0 radical (unpaired) electrons. The molecule has 1 aliphatic carbocycles. The quantitative estimate of drug-likeness (QED) is 0.309. The van der Waals surface area contributed by atoms with Crippen molar-refractivity contribution in [1.82, 2.24) is 14.8 Å². The third kappa shape index (κ3) is 4.66.